The summed E-state index contributed by atoms with van der Waals surface area (Å²) >= 11 is 7.32. The summed E-state index contributed by atoms with van der Waals surface area (Å²) in [6, 6.07) is 9.64. The maximum Gasteiger partial charge on any atom is 0.238 e. The Labute approximate surface area is 134 Å². The minimum Gasteiger partial charge on any atom is -0.310 e. The molecule has 1 heterocycles. The van der Waals surface area contributed by atoms with Crippen LogP contribution in [0.1, 0.15) is 18.1 Å². The first-order valence-corrected chi connectivity index (χ1v) is 7.88. The molecule has 1 amide bonds. The number of aromatic nitrogens is 1. The van der Waals surface area contributed by atoms with E-state index in [2.05, 4.69) is 28.5 Å². The molecule has 0 aliphatic rings. The predicted octanol–water partition coefficient (Wildman–Crippen LogP) is 4.47. The van der Waals surface area contributed by atoms with Crippen LogP contribution >= 0.6 is 23.4 Å². The summed E-state index contributed by atoms with van der Waals surface area (Å²) in [4.78, 5) is 17.4. The number of rotatable bonds is 4. The third-order valence-electron chi connectivity index (χ3n) is 3.00. The van der Waals surface area contributed by atoms with E-state index in [9.17, 15) is 4.79 Å². The van der Waals surface area contributed by atoms with Gasteiger partial charge in [-0.2, -0.15) is 0 Å². The Kier molecular flexibility index (Phi) is 5.26. The van der Waals surface area contributed by atoms with E-state index < -0.39 is 0 Å². The second-order valence-electron chi connectivity index (χ2n) is 4.88. The molecule has 1 N–H and O–H groups in total. The quantitative estimate of drug-likeness (QED) is 0.845. The normalized spacial score (nSPS) is 12.0. The number of nitrogens with one attached hydrogen (secondary N) is 1. The average molecular weight is 321 g/mol. The number of carbonyl (C=O) groups excluding carboxylic acids is 1. The topological polar surface area (TPSA) is 42.0 Å². The van der Waals surface area contributed by atoms with Crippen molar-refractivity contribution in [1.82, 2.24) is 4.98 Å². The highest BCUT2D eigenvalue weighted by molar-refractivity contribution is 8.00. The van der Waals surface area contributed by atoms with Gasteiger partial charge in [0.15, 0.2) is 0 Å². The van der Waals surface area contributed by atoms with Gasteiger partial charge in [-0.3, -0.25) is 4.79 Å². The molecule has 1 unspecified atom stereocenters. The molecule has 0 fully saturated rings. The van der Waals surface area contributed by atoms with Crippen molar-refractivity contribution >= 4 is 35.1 Å². The Morgan fingerprint density at radius 1 is 1.29 bits per heavy atom. The Bertz CT molecular complexity index is 643. The minimum atomic E-state index is -0.206. The van der Waals surface area contributed by atoms with Crippen molar-refractivity contribution in [3.05, 3.63) is 52.7 Å². The van der Waals surface area contributed by atoms with Gasteiger partial charge in [-0.25, -0.2) is 4.98 Å². The molecule has 0 aliphatic carbocycles. The number of nitrogens with zero attached hydrogens (tertiary/aromatic N) is 1. The Morgan fingerprint density at radius 2 is 2.05 bits per heavy atom. The highest BCUT2D eigenvalue weighted by Gasteiger charge is 2.16. The second kappa shape index (κ2) is 6.96. The van der Waals surface area contributed by atoms with E-state index in [0.29, 0.717) is 10.8 Å². The molecule has 0 aliphatic heterocycles. The van der Waals surface area contributed by atoms with Crippen LogP contribution in [0, 0.1) is 13.8 Å². The van der Waals surface area contributed by atoms with Gasteiger partial charge < -0.3 is 5.32 Å². The van der Waals surface area contributed by atoms with Crippen molar-refractivity contribution in [1.29, 1.82) is 0 Å². The summed E-state index contributed by atoms with van der Waals surface area (Å²) in [5.74, 6) is 0.438. The van der Waals surface area contributed by atoms with Crippen LogP contribution in [0.3, 0.4) is 0 Å². The van der Waals surface area contributed by atoms with E-state index in [1.54, 1.807) is 23.9 Å². The smallest absolute Gasteiger partial charge is 0.238 e. The fourth-order valence-electron chi connectivity index (χ4n) is 1.76. The molecule has 0 saturated carbocycles. The zero-order valence-corrected chi connectivity index (χ0v) is 13.8. The van der Waals surface area contributed by atoms with E-state index in [1.807, 2.05) is 20.8 Å². The van der Waals surface area contributed by atoms with Crippen molar-refractivity contribution < 1.29 is 4.79 Å². The Hall–Kier alpha value is -1.52. The maximum absolute atomic E-state index is 12.2. The lowest BCUT2D eigenvalue weighted by Crippen LogP contribution is -2.23. The summed E-state index contributed by atoms with van der Waals surface area (Å²) in [6.45, 7) is 5.98. The lowest BCUT2D eigenvalue weighted by molar-refractivity contribution is -0.115. The van der Waals surface area contributed by atoms with Gasteiger partial charge in [0.1, 0.15) is 5.82 Å². The fourth-order valence-corrected chi connectivity index (χ4v) is 2.92. The second-order valence-corrected chi connectivity index (χ2v) is 6.70. The minimum absolute atomic E-state index is 0.0734. The van der Waals surface area contributed by atoms with Crippen LogP contribution in [0.15, 0.2) is 41.4 Å². The number of anilines is 1. The number of benzene rings is 1. The lowest BCUT2D eigenvalue weighted by Gasteiger charge is -2.13. The largest absolute Gasteiger partial charge is 0.310 e. The third-order valence-corrected chi connectivity index (χ3v) is 4.48. The molecule has 0 spiro atoms. The van der Waals surface area contributed by atoms with E-state index in [4.69, 9.17) is 11.6 Å². The Balaban J connectivity index is 2.02. The molecule has 5 heteroatoms. The monoisotopic (exact) mass is 320 g/mol. The molecule has 1 aromatic carbocycles. The SMILES string of the molecule is Cc1ccc(C)c(SC(C)C(=O)Nc2ccc(Cl)cn2)c1. The molecule has 21 heavy (non-hydrogen) atoms. The highest BCUT2D eigenvalue weighted by Crippen LogP contribution is 2.28. The molecule has 3 nitrogen and oxygen atoms in total. The zero-order valence-electron chi connectivity index (χ0n) is 12.2. The van der Waals surface area contributed by atoms with Crippen molar-refractivity contribution in [2.24, 2.45) is 0 Å². The number of thioether (sulfide) groups is 1. The zero-order chi connectivity index (χ0) is 15.4. The number of hydrogen-bond donors (Lipinski definition) is 1. The van der Waals surface area contributed by atoms with Gasteiger partial charge in [0, 0.05) is 11.1 Å². The highest BCUT2D eigenvalue weighted by atomic mass is 35.5. The summed E-state index contributed by atoms with van der Waals surface area (Å²) in [6.07, 6.45) is 1.51. The van der Waals surface area contributed by atoms with Crippen molar-refractivity contribution in [3.63, 3.8) is 0 Å². The maximum atomic E-state index is 12.2. The predicted molar refractivity (Wildman–Crippen MR) is 89.1 cm³/mol. The van der Waals surface area contributed by atoms with Gasteiger partial charge in [0.2, 0.25) is 5.91 Å². The first kappa shape index (κ1) is 15.9. The standard InChI is InChI=1S/C16H17ClN2OS/c1-10-4-5-11(2)14(8-10)21-12(3)16(20)19-15-7-6-13(17)9-18-15/h4-9,12H,1-3H3,(H,18,19,20). The summed E-state index contributed by atoms with van der Waals surface area (Å²) < 4.78 is 0. The van der Waals surface area contributed by atoms with Crippen LogP contribution in [-0.4, -0.2) is 16.1 Å². The summed E-state index contributed by atoms with van der Waals surface area (Å²) in [5, 5.41) is 3.14. The first-order valence-electron chi connectivity index (χ1n) is 6.62. The van der Waals surface area contributed by atoms with E-state index in [-0.39, 0.29) is 11.2 Å². The van der Waals surface area contributed by atoms with Gasteiger partial charge in [-0.1, -0.05) is 29.3 Å². The molecule has 1 atom stereocenters. The number of amides is 1. The van der Waals surface area contributed by atoms with Crippen LogP contribution in [0.5, 0.6) is 0 Å². The van der Waals surface area contributed by atoms with Crippen LogP contribution in [0.25, 0.3) is 0 Å². The van der Waals surface area contributed by atoms with Gasteiger partial charge >= 0.3 is 0 Å². The van der Waals surface area contributed by atoms with Crippen LogP contribution in [0.4, 0.5) is 5.82 Å². The lowest BCUT2D eigenvalue weighted by atomic mass is 10.2. The van der Waals surface area contributed by atoms with Crippen LogP contribution in [0.2, 0.25) is 5.02 Å². The van der Waals surface area contributed by atoms with Crippen molar-refractivity contribution in [2.75, 3.05) is 5.32 Å². The molecule has 110 valence electrons. The molecule has 2 aromatic rings. The van der Waals surface area contributed by atoms with Crippen LogP contribution in [-0.2, 0) is 4.79 Å². The number of halogens is 1. The van der Waals surface area contributed by atoms with Gasteiger partial charge in [-0.05, 0) is 44.5 Å². The van der Waals surface area contributed by atoms with E-state index in [1.165, 1.54) is 17.3 Å². The van der Waals surface area contributed by atoms with E-state index in [0.717, 1.165) is 4.90 Å². The van der Waals surface area contributed by atoms with Gasteiger partial charge in [0.25, 0.3) is 0 Å². The molecular formula is C16H17ClN2OS. The van der Waals surface area contributed by atoms with Crippen molar-refractivity contribution in [3.8, 4) is 0 Å². The molecular weight excluding hydrogens is 304 g/mol. The van der Waals surface area contributed by atoms with Gasteiger partial charge in [-0.15, -0.1) is 11.8 Å². The molecule has 0 radical (unpaired) electrons. The summed E-state index contributed by atoms with van der Waals surface area (Å²) in [7, 11) is 0. The average Bonchev–Trinajstić information content (AvgIpc) is 2.45. The number of carbonyl (C=O) groups is 1. The Morgan fingerprint density at radius 3 is 2.71 bits per heavy atom. The van der Waals surface area contributed by atoms with Crippen LogP contribution < -0.4 is 5.32 Å². The van der Waals surface area contributed by atoms with Crippen molar-refractivity contribution in [2.45, 2.75) is 30.9 Å². The summed E-state index contributed by atoms with van der Waals surface area (Å²) in [5.41, 5.74) is 2.37. The molecule has 2 rings (SSSR count). The molecule has 0 bridgehead atoms. The number of aryl methyl sites for hydroxylation is 2. The van der Waals surface area contributed by atoms with E-state index >= 15 is 0 Å². The third kappa shape index (κ3) is 4.48. The first-order chi connectivity index (χ1) is 9.95. The fraction of sp³-hybridized carbons (Fsp3) is 0.250. The molecule has 0 saturated heterocycles. The number of pyridine rings is 1. The molecule has 1 aromatic heterocycles. The number of hydrogen-bond acceptors (Lipinski definition) is 3. The van der Waals surface area contributed by atoms with Gasteiger partial charge in [0.05, 0.1) is 10.3 Å².